The van der Waals surface area contributed by atoms with E-state index in [0.29, 0.717) is 0 Å². The lowest BCUT2D eigenvalue weighted by molar-refractivity contribution is 0.180. The average Bonchev–Trinajstić information content (AvgIpc) is 1.25. The van der Waals surface area contributed by atoms with Crippen LogP contribution in [-0.2, 0) is 9.84 Å². The zero-order valence-corrected chi connectivity index (χ0v) is 5.27. The minimum absolute atomic E-state index is 0.806. The molecule has 0 amide bonds. The number of aliphatic hydroxyl groups is 1. The Hall–Kier alpha value is -0.130. The van der Waals surface area contributed by atoms with Crippen molar-refractivity contribution in [2.75, 3.05) is 6.26 Å². The van der Waals surface area contributed by atoms with E-state index in [1.165, 1.54) is 0 Å². The quantitative estimate of drug-likeness (QED) is 0.431. The predicted molar refractivity (Wildman–Crippen MR) is 29.3 cm³/mol. The normalized spacial score (nSPS) is 20.0. The minimum atomic E-state index is -3.62. The second-order valence-corrected chi connectivity index (χ2v) is 3.87. The average molecular weight is 138 g/mol. The fourth-order valence-electron chi connectivity index (χ4n) is 0. The summed E-state index contributed by atoms with van der Waals surface area (Å²) >= 11 is 0. The highest BCUT2D eigenvalue weighted by Gasteiger charge is 2.26. The Balaban J connectivity index is 4.53. The van der Waals surface area contributed by atoms with Crippen molar-refractivity contribution in [3.05, 3.63) is 6.92 Å². The van der Waals surface area contributed by atoms with Gasteiger partial charge in [0.1, 0.15) is 0 Å². The van der Waals surface area contributed by atoms with Crippen LogP contribution in [0.25, 0.3) is 0 Å². The molecule has 0 aromatic rings. The monoisotopic (exact) mass is 138 g/mol. The van der Waals surface area contributed by atoms with Crippen molar-refractivity contribution in [2.45, 2.75) is 5.06 Å². The van der Waals surface area contributed by atoms with Gasteiger partial charge in [-0.3, -0.25) is 5.73 Å². The Morgan fingerprint density at radius 1 is 1.75 bits per heavy atom. The lowest BCUT2D eigenvalue weighted by Gasteiger charge is -2.12. The van der Waals surface area contributed by atoms with E-state index in [1.807, 2.05) is 0 Å². The van der Waals surface area contributed by atoms with Crippen LogP contribution in [-0.4, -0.2) is 24.8 Å². The van der Waals surface area contributed by atoms with Crippen molar-refractivity contribution < 1.29 is 13.5 Å². The van der Waals surface area contributed by atoms with Crippen molar-refractivity contribution in [2.24, 2.45) is 5.73 Å². The Kier molecular flexibility index (Phi) is 1.65. The van der Waals surface area contributed by atoms with Gasteiger partial charge in [0, 0.05) is 13.2 Å². The summed E-state index contributed by atoms with van der Waals surface area (Å²) in [7, 11) is -3.62. The van der Waals surface area contributed by atoms with E-state index in [0.717, 1.165) is 6.26 Å². The number of nitrogens with two attached hydrogens (primary N) is 1. The van der Waals surface area contributed by atoms with Crippen molar-refractivity contribution >= 4 is 9.84 Å². The Bertz CT molecular complexity index is 163. The van der Waals surface area contributed by atoms with Crippen LogP contribution >= 0.6 is 0 Å². The van der Waals surface area contributed by atoms with Crippen LogP contribution in [0.15, 0.2) is 0 Å². The first-order chi connectivity index (χ1) is 3.25. The zero-order chi connectivity index (χ0) is 7.00. The van der Waals surface area contributed by atoms with Crippen LogP contribution in [0, 0.1) is 6.92 Å². The number of rotatable bonds is 1. The van der Waals surface area contributed by atoms with Crippen LogP contribution < -0.4 is 5.73 Å². The van der Waals surface area contributed by atoms with E-state index < -0.39 is 14.9 Å². The molecule has 1 unspecified atom stereocenters. The molecule has 0 aliphatic rings. The van der Waals surface area contributed by atoms with E-state index in [-0.39, 0.29) is 0 Å². The molecule has 0 aliphatic carbocycles. The third-order valence-corrected chi connectivity index (χ3v) is 1.93. The summed E-state index contributed by atoms with van der Waals surface area (Å²) in [6.45, 7) is 2.79. The topological polar surface area (TPSA) is 80.4 Å². The van der Waals surface area contributed by atoms with Gasteiger partial charge in [0.05, 0.1) is 0 Å². The molecule has 1 radical (unpaired) electrons. The molecule has 0 aromatic carbocycles. The number of hydrogen-bond acceptors (Lipinski definition) is 4. The second kappa shape index (κ2) is 1.68. The molecular weight excluding hydrogens is 130 g/mol. The Morgan fingerprint density at radius 3 is 1.88 bits per heavy atom. The number of hydrogen-bond donors (Lipinski definition) is 2. The molecule has 0 rings (SSSR count). The summed E-state index contributed by atoms with van der Waals surface area (Å²) < 4.78 is 20.4. The molecule has 0 spiro atoms. The minimum Gasteiger partial charge on any atom is -0.363 e. The predicted octanol–water partition coefficient (Wildman–Crippen LogP) is -1.53. The molecule has 1 atom stereocenters. The van der Waals surface area contributed by atoms with E-state index in [9.17, 15) is 8.42 Å². The van der Waals surface area contributed by atoms with E-state index in [2.05, 4.69) is 12.7 Å². The van der Waals surface area contributed by atoms with Gasteiger partial charge in [0.25, 0.3) is 0 Å². The van der Waals surface area contributed by atoms with Crippen molar-refractivity contribution in [3.8, 4) is 0 Å². The van der Waals surface area contributed by atoms with Gasteiger partial charge in [-0.2, -0.15) is 0 Å². The summed E-state index contributed by atoms with van der Waals surface area (Å²) in [6.07, 6.45) is 0.806. The van der Waals surface area contributed by atoms with Crippen LogP contribution in [0.4, 0.5) is 0 Å². The highest BCUT2D eigenvalue weighted by molar-refractivity contribution is 7.91. The molecule has 0 aromatic heterocycles. The zero-order valence-electron chi connectivity index (χ0n) is 4.46. The highest BCUT2D eigenvalue weighted by Crippen LogP contribution is 1.99. The molecule has 0 saturated carbocycles. The molecule has 3 N–H and O–H groups in total. The van der Waals surface area contributed by atoms with Gasteiger partial charge in [-0.25, -0.2) is 8.42 Å². The van der Waals surface area contributed by atoms with Gasteiger partial charge in [-0.15, -0.1) is 0 Å². The van der Waals surface area contributed by atoms with E-state index in [4.69, 9.17) is 5.11 Å². The van der Waals surface area contributed by atoms with Gasteiger partial charge in [0.15, 0.2) is 9.84 Å². The van der Waals surface area contributed by atoms with Crippen LogP contribution in [0.1, 0.15) is 0 Å². The first kappa shape index (κ1) is 7.87. The second-order valence-electron chi connectivity index (χ2n) is 1.62. The fraction of sp³-hybridized carbons (Fsp3) is 0.667. The molecule has 8 heavy (non-hydrogen) atoms. The van der Waals surface area contributed by atoms with E-state index in [1.54, 1.807) is 0 Å². The van der Waals surface area contributed by atoms with Crippen molar-refractivity contribution in [1.29, 1.82) is 0 Å². The Morgan fingerprint density at radius 2 is 1.88 bits per heavy atom. The lowest BCUT2D eigenvalue weighted by atomic mass is 10.7. The summed E-state index contributed by atoms with van der Waals surface area (Å²) in [4.78, 5) is 0. The summed E-state index contributed by atoms with van der Waals surface area (Å²) in [5.74, 6) is 0. The smallest absolute Gasteiger partial charge is 0.217 e. The van der Waals surface area contributed by atoms with Crippen molar-refractivity contribution in [3.63, 3.8) is 0 Å². The van der Waals surface area contributed by atoms with Crippen LogP contribution in [0.2, 0.25) is 0 Å². The van der Waals surface area contributed by atoms with Crippen LogP contribution in [0.5, 0.6) is 0 Å². The Labute approximate surface area is 48.2 Å². The largest absolute Gasteiger partial charge is 0.363 e. The van der Waals surface area contributed by atoms with Crippen molar-refractivity contribution in [1.82, 2.24) is 0 Å². The van der Waals surface area contributed by atoms with Gasteiger partial charge >= 0.3 is 0 Å². The first-order valence-electron chi connectivity index (χ1n) is 1.81. The van der Waals surface area contributed by atoms with Crippen LogP contribution in [0.3, 0.4) is 0 Å². The van der Waals surface area contributed by atoms with Gasteiger partial charge in [-0.1, -0.05) is 0 Å². The molecule has 4 nitrogen and oxygen atoms in total. The molecule has 0 bridgehead atoms. The van der Waals surface area contributed by atoms with Gasteiger partial charge in [0.2, 0.25) is 5.06 Å². The summed E-state index contributed by atoms with van der Waals surface area (Å²) in [5.41, 5.74) is 4.67. The maximum Gasteiger partial charge on any atom is 0.217 e. The fourth-order valence-corrected chi connectivity index (χ4v) is 0. The van der Waals surface area contributed by atoms with Gasteiger partial charge in [-0.05, 0) is 0 Å². The molecule has 49 valence electrons. The maximum atomic E-state index is 10.2. The highest BCUT2D eigenvalue weighted by atomic mass is 32.2. The third-order valence-electron chi connectivity index (χ3n) is 0.642. The number of sulfone groups is 1. The van der Waals surface area contributed by atoms with Gasteiger partial charge < -0.3 is 5.11 Å². The molecule has 5 heteroatoms. The molecule has 0 fully saturated rings. The molecule has 0 heterocycles. The first-order valence-corrected chi connectivity index (χ1v) is 3.70. The SMILES string of the molecule is [CH2]C(N)(O)S(C)(=O)=O. The third kappa shape index (κ3) is 1.77. The maximum absolute atomic E-state index is 10.2. The molecular formula is C3H8NO3S. The van der Waals surface area contributed by atoms with E-state index >= 15 is 0 Å². The molecule has 0 saturated heterocycles. The summed E-state index contributed by atoms with van der Waals surface area (Å²) in [6, 6.07) is 0. The molecule has 0 aliphatic heterocycles. The summed E-state index contributed by atoms with van der Waals surface area (Å²) in [5, 5.41) is 6.09. The lowest BCUT2D eigenvalue weighted by Crippen LogP contribution is -2.43. The standard InChI is InChI=1S/C3H8NO3S/c1-3(4,5)8(2,6)7/h5H,1,4H2,2H3.